The summed E-state index contributed by atoms with van der Waals surface area (Å²) in [5.41, 5.74) is 2.27. The molecular formula is C10H13NO2. The van der Waals surface area contributed by atoms with Gasteiger partial charge in [-0.15, -0.1) is 0 Å². The normalized spacial score (nSPS) is 19.4. The maximum absolute atomic E-state index is 9.07. The summed E-state index contributed by atoms with van der Waals surface area (Å²) in [7, 11) is 1.65. The zero-order valence-electron chi connectivity index (χ0n) is 7.58. The van der Waals surface area contributed by atoms with Crippen LogP contribution in [0, 0.1) is 0 Å². The summed E-state index contributed by atoms with van der Waals surface area (Å²) in [5.74, 6) is 1.09. The van der Waals surface area contributed by atoms with Crippen LogP contribution in [0.4, 0.5) is 5.69 Å². The van der Waals surface area contributed by atoms with Crippen molar-refractivity contribution < 1.29 is 9.84 Å². The molecule has 2 N–H and O–H groups in total. The first-order chi connectivity index (χ1) is 6.35. The number of fused-ring (bicyclic) bond motifs is 1. The fourth-order valence-electron chi connectivity index (χ4n) is 1.68. The molecule has 3 heteroatoms. The van der Waals surface area contributed by atoms with E-state index in [0.29, 0.717) is 0 Å². The van der Waals surface area contributed by atoms with Crippen molar-refractivity contribution in [3.8, 4) is 5.75 Å². The van der Waals surface area contributed by atoms with Crippen LogP contribution in [0.25, 0.3) is 0 Å². The Morgan fingerprint density at radius 3 is 3.15 bits per heavy atom. The number of aliphatic hydroxyl groups excluding tert-OH is 1. The Bertz CT molecular complexity index is 312. The van der Waals surface area contributed by atoms with Crippen molar-refractivity contribution in [2.75, 3.05) is 25.6 Å². The van der Waals surface area contributed by atoms with E-state index in [4.69, 9.17) is 9.84 Å². The van der Waals surface area contributed by atoms with E-state index in [9.17, 15) is 0 Å². The monoisotopic (exact) mass is 179 g/mol. The van der Waals surface area contributed by atoms with Crippen molar-refractivity contribution >= 4 is 5.69 Å². The van der Waals surface area contributed by atoms with Crippen LogP contribution in [-0.4, -0.2) is 25.4 Å². The molecular weight excluding hydrogens is 166 g/mol. The molecule has 1 heterocycles. The summed E-state index contributed by atoms with van der Waals surface area (Å²) in [6.45, 7) is 1.02. The van der Waals surface area contributed by atoms with Gasteiger partial charge in [-0.05, 0) is 11.6 Å². The fourth-order valence-corrected chi connectivity index (χ4v) is 1.68. The Hall–Kier alpha value is -1.22. The molecule has 1 aliphatic heterocycles. The summed E-state index contributed by atoms with van der Waals surface area (Å²) < 4.78 is 5.11. The van der Waals surface area contributed by atoms with E-state index in [-0.39, 0.29) is 12.5 Å². The van der Waals surface area contributed by atoms with Gasteiger partial charge >= 0.3 is 0 Å². The second-order valence-corrected chi connectivity index (χ2v) is 3.21. The summed E-state index contributed by atoms with van der Waals surface area (Å²) in [6.07, 6.45) is 0. The van der Waals surface area contributed by atoms with Crippen molar-refractivity contribution in [1.82, 2.24) is 0 Å². The number of ether oxygens (including phenoxy) is 1. The lowest BCUT2D eigenvalue weighted by Gasteiger charge is -2.06. The SMILES string of the molecule is COc1ccc2c(c1)NCC2CO. The smallest absolute Gasteiger partial charge is 0.120 e. The Morgan fingerprint density at radius 1 is 1.62 bits per heavy atom. The summed E-state index contributed by atoms with van der Waals surface area (Å²) in [4.78, 5) is 0. The van der Waals surface area contributed by atoms with Gasteiger partial charge in [0, 0.05) is 24.2 Å². The van der Waals surface area contributed by atoms with E-state index in [2.05, 4.69) is 5.32 Å². The van der Waals surface area contributed by atoms with Gasteiger partial charge in [0.05, 0.1) is 13.7 Å². The predicted molar refractivity (Wildman–Crippen MR) is 51.3 cm³/mol. The number of anilines is 1. The van der Waals surface area contributed by atoms with Gasteiger partial charge in [0.25, 0.3) is 0 Å². The molecule has 1 atom stereocenters. The zero-order chi connectivity index (χ0) is 9.26. The second-order valence-electron chi connectivity index (χ2n) is 3.21. The molecule has 0 aromatic heterocycles. The quantitative estimate of drug-likeness (QED) is 0.716. The minimum atomic E-state index is 0.201. The Kier molecular flexibility index (Phi) is 2.10. The molecule has 13 heavy (non-hydrogen) atoms. The van der Waals surface area contributed by atoms with Crippen LogP contribution in [0.2, 0.25) is 0 Å². The van der Waals surface area contributed by atoms with E-state index >= 15 is 0 Å². The fraction of sp³-hybridized carbons (Fsp3) is 0.400. The molecule has 1 aromatic rings. The van der Waals surface area contributed by atoms with E-state index in [1.54, 1.807) is 7.11 Å². The van der Waals surface area contributed by atoms with Crippen LogP contribution >= 0.6 is 0 Å². The zero-order valence-corrected chi connectivity index (χ0v) is 7.58. The van der Waals surface area contributed by atoms with Crippen molar-refractivity contribution in [3.05, 3.63) is 23.8 Å². The van der Waals surface area contributed by atoms with Crippen LogP contribution in [0.5, 0.6) is 5.75 Å². The van der Waals surface area contributed by atoms with Crippen molar-refractivity contribution in [3.63, 3.8) is 0 Å². The van der Waals surface area contributed by atoms with Crippen LogP contribution < -0.4 is 10.1 Å². The van der Waals surface area contributed by atoms with Crippen LogP contribution in [0.1, 0.15) is 11.5 Å². The third kappa shape index (κ3) is 1.35. The largest absolute Gasteiger partial charge is 0.497 e. The van der Waals surface area contributed by atoms with Gasteiger partial charge in [0.2, 0.25) is 0 Å². The van der Waals surface area contributed by atoms with E-state index in [0.717, 1.165) is 18.0 Å². The van der Waals surface area contributed by atoms with Gasteiger partial charge in [-0.2, -0.15) is 0 Å². The molecule has 0 saturated heterocycles. The van der Waals surface area contributed by atoms with Gasteiger partial charge < -0.3 is 15.2 Å². The van der Waals surface area contributed by atoms with Crippen molar-refractivity contribution in [2.24, 2.45) is 0 Å². The molecule has 70 valence electrons. The van der Waals surface area contributed by atoms with E-state index < -0.39 is 0 Å². The maximum Gasteiger partial charge on any atom is 0.120 e. The van der Waals surface area contributed by atoms with Gasteiger partial charge in [-0.1, -0.05) is 6.07 Å². The average molecular weight is 179 g/mol. The number of nitrogens with one attached hydrogen (secondary N) is 1. The second kappa shape index (κ2) is 3.26. The highest BCUT2D eigenvalue weighted by molar-refractivity contribution is 5.60. The molecule has 0 bridgehead atoms. The molecule has 0 amide bonds. The standard InChI is InChI=1S/C10H13NO2/c1-13-8-2-3-9-7(6-12)5-11-10(9)4-8/h2-4,7,11-12H,5-6H2,1H3. The van der Waals surface area contributed by atoms with Crippen molar-refractivity contribution in [2.45, 2.75) is 5.92 Å². The molecule has 0 fully saturated rings. The lowest BCUT2D eigenvalue weighted by atomic mass is 10.0. The third-order valence-electron chi connectivity index (χ3n) is 2.46. The molecule has 1 aliphatic rings. The minimum Gasteiger partial charge on any atom is -0.497 e. The Labute approximate surface area is 77.3 Å². The first kappa shape index (κ1) is 8.38. The maximum atomic E-state index is 9.07. The number of rotatable bonds is 2. The molecule has 0 radical (unpaired) electrons. The molecule has 0 saturated carbocycles. The summed E-state index contributed by atoms with van der Waals surface area (Å²) >= 11 is 0. The van der Waals surface area contributed by atoms with Gasteiger partial charge in [0.15, 0.2) is 0 Å². The van der Waals surface area contributed by atoms with Gasteiger partial charge in [0.1, 0.15) is 5.75 Å². The number of hydrogen-bond donors (Lipinski definition) is 2. The average Bonchev–Trinajstić information content (AvgIpc) is 2.59. The van der Waals surface area contributed by atoms with E-state index in [1.807, 2.05) is 18.2 Å². The van der Waals surface area contributed by atoms with Gasteiger partial charge in [-0.3, -0.25) is 0 Å². The Morgan fingerprint density at radius 2 is 2.46 bits per heavy atom. The molecule has 1 unspecified atom stereocenters. The number of aliphatic hydroxyl groups is 1. The molecule has 1 aromatic carbocycles. The molecule has 0 aliphatic carbocycles. The van der Waals surface area contributed by atoms with E-state index in [1.165, 1.54) is 5.56 Å². The number of benzene rings is 1. The molecule has 0 spiro atoms. The lowest BCUT2D eigenvalue weighted by Crippen LogP contribution is -2.05. The highest BCUT2D eigenvalue weighted by Gasteiger charge is 2.21. The minimum absolute atomic E-state index is 0.201. The van der Waals surface area contributed by atoms with Crippen LogP contribution in [0.3, 0.4) is 0 Å². The predicted octanol–water partition coefficient (Wildman–Crippen LogP) is 1.20. The van der Waals surface area contributed by atoms with Gasteiger partial charge in [-0.25, -0.2) is 0 Å². The van der Waals surface area contributed by atoms with Crippen LogP contribution in [0.15, 0.2) is 18.2 Å². The number of hydrogen-bond acceptors (Lipinski definition) is 3. The molecule has 2 rings (SSSR count). The summed E-state index contributed by atoms with van der Waals surface area (Å²) in [6, 6.07) is 5.90. The topological polar surface area (TPSA) is 41.5 Å². The summed E-state index contributed by atoms with van der Waals surface area (Å²) in [5, 5.41) is 12.3. The number of methoxy groups -OCH3 is 1. The van der Waals surface area contributed by atoms with Crippen LogP contribution in [-0.2, 0) is 0 Å². The third-order valence-corrected chi connectivity index (χ3v) is 2.46. The Balaban J connectivity index is 2.34. The lowest BCUT2D eigenvalue weighted by molar-refractivity contribution is 0.273. The van der Waals surface area contributed by atoms with Crippen molar-refractivity contribution in [1.29, 1.82) is 0 Å². The molecule has 3 nitrogen and oxygen atoms in total. The first-order valence-corrected chi connectivity index (χ1v) is 4.38. The highest BCUT2D eigenvalue weighted by Crippen LogP contribution is 2.33. The highest BCUT2D eigenvalue weighted by atomic mass is 16.5. The first-order valence-electron chi connectivity index (χ1n) is 4.38.